The number of benzene rings is 6. The summed E-state index contributed by atoms with van der Waals surface area (Å²) in [5.74, 6) is 14.1. The van der Waals surface area contributed by atoms with Crippen molar-refractivity contribution in [3.8, 4) is 79.3 Å². The Bertz CT molecular complexity index is 6700. The molecule has 8 heteroatoms. The van der Waals surface area contributed by atoms with Crippen LogP contribution in [-0.4, -0.2) is 39.9 Å². The number of rotatable bonds is 13. The SMILES string of the molecule is CCC1=C(C)c2nc1cc1[nH]c(c(C)c1CC)c(-c1ccc(C#Cc3ccc(-c4ccc(C#Cc5ccc(-c6c7nc(cc8[nH]c(c(C)c8CC)c(-c8cc(C(C)(C)C)cc(C(C)(C)C)c8)c8nc(cc9[nH]c6c(C)c9CC)C(CC)=C8C)C(CC)=C7C)cc5)cc4)cc3)cc1)c1nc(cc3[nH]c(c(C)c3CC)c2-c2cc(C(C)(C)C)cc(C(C)(C)C)c2)C(CC)=C1C. The molecule has 16 bridgehead atoms. The molecule has 8 nitrogen and oxygen atoms in total. The number of nitrogens with one attached hydrogen (secondary N) is 4. The van der Waals surface area contributed by atoms with E-state index >= 15 is 0 Å². The highest BCUT2D eigenvalue weighted by atomic mass is 14.8. The fraction of sp³-hybridized carbons (Fsp3) is 0.333. The van der Waals surface area contributed by atoms with Crippen LogP contribution in [0.1, 0.15) is 326 Å². The number of aromatic amines is 4. The lowest BCUT2D eigenvalue weighted by Gasteiger charge is -2.26. The maximum Gasteiger partial charge on any atom is 0.0769 e. The van der Waals surface area contributed by atoms with Crippen LogP contribution in [0.25, 0.3) is 144 Å². The van der Waals surface area contributed by atoms with Crippen molar-refractivity contribution in [2.75, 3.05) is 0 Å². The van der Waals surface area contributed by atoms with E-state index in [2.05, 4.69) is 395 Å². The van der Waals surface area contributed by atoms with Gasteiger partial charge in [-0.1, -0.05) is 247 Å². The molecule has 6 aromatic carbocycles. The topological polar surface area (TPSA) is 115 Å². The van der Waals surface area contributed by atoms with Gasteiger partial charge in [0.15, 0.2) is 0 Å². The zero-order valence-electron chi connectivity index (χ0n) is 81.5. The number of hydrogen-bond donors (Lipinski definition) is 4. The molecule has 128 heavy (non-hydrogen) atoms. The van der Waals surface area contributed by atoms with E-state index in [0.29, 0.717) is 0 Å². The second-order valence-electron chi connectivity index (χ2n) is 40.2. The van der Waals surface area contributed by atoms with E-state index in [1.54, 1.807) is 0 Å². The predicted octanol–water partition coefficient (Wildman–Crippen LogP) is 32.1. The van der Waals surface area contributed by atoms with Gasteiger partial charge in [-0.25, -0.2) is 19.9 Å². The van der Waals surface area contributed by atoms with E-state index in [-0.39, 0.29) is 21.7 Å². The molecule has 16 rings (SSSR count). The lowest BCUT2D eigenvalue weighted by atomic mass is 9.78. The minimum absolute atomic E-state index is 0.0737. The maximum atomic E-state index is 5.81. The average molecular weight is 1680 g/mol. The normalized spacial score (nSPS) is 13.3. The second kappa shape index (κ2) is 34.3. The summed E-state index contributed by atoms with van der Waals surface area (Å²) in [6, 6.07) is 58.7. The van der Waals surface area contributed by atoms with Gasteiger partial charge in [-0.3, -0.25) is 0 Å². The molecule has 4 aliphatic rings. The van der Waals surface area contributed by atoms with Gasteiger partial charge in [0.1, 0.15) is 0 Å². The quantitative estimate of drug-likeness (QED) is 0.0861. The molecule has 4 N–H and O–H groups in total. The van der Waals surface area contributed by atoms with Crippen LogP contribution in [0.15, 0.2) is 158 Å². The summed E-state index contributed by atoms with van der Waals surface area (Å²) in [7, 11) is 0. The first-order chi connectivity index (χ1) is 60.9. The summed E-state index contributed by atoms with van der Waals surface area (Å²) in [5, 5.41) is 0. The third-order valence-corrected chi connectivity index (χ3v) is 28.0. The molecule has 0 spiro atoms. The molecule has 0 unspecified atom stereocenters. The van der Waals surface area contributed by atoms with Gasteiger partial charge in [0.2, 0.25) is 0 Å². The molecule has 0 aliphatic carbocycles. The molecule has 650 valence electrons. The fourth-order valence-corrected chi connectivity index (χ4v) is 20.2. The molecular formula is C120H130N8. The second-order valence-corrected chi connectivity index (χ2v) is 40.2. The number of nitrogens with zero attached hydrogens (tertiary/aromatic N) is 4. The molecule has 12 aromatic rings. The number of H-pyrrole nitrogens is 4. The molecule has 10 heterocycles. The lowest BCUT2D eigenvalue weighted by molar-refractivity contribution is 0.568. The number of hydrogen-bond acceptors (Lipinski definition) is 4. The van der Waals surface area contributed by atoms with Gasteiger partial charge in [-0.15, -0.1) is 0 Å². The molecule has 0 atom stereocenters. The molecule has 0 radical (unpaired) electrons. The zero-order valence-corrected chi connectivity index (χ0v) is 81.5. The van der Waals surface area contributed by atoms with Crippen molar-refractivity contribution in [3.63, 3.8) is 0 Å². The monoisotopic (exact) mass is 1680 g/mol. The van der Waals surface area contributed by atoms with Crippen LogP contribution in [0.3, 0.4) is 0 Å². The minimum Gasteiger partial charge on any atom is -0.354 e. The van der Waals surface area contributed by atoms with E-state index in [1.807, 2.05) is 0 Å². The Hall–Kier alpha value is -12.4. The van der Waals surface area contributed by atoms with Crippen molar-refractivity contribution in [2.45, 2.75) is 267 Å². The molecule has 0 saturated heterocycles. The Kier molecular flexibility index (Phi) is 23.9. The number of fused-ring (bicyclic) bond motifs is 16. The summed E-state index contributed by atoms with van der Waals surface area (Å²) in [4.78, 5) is 39.5. The van der Waals surface area contributed by atoms with E-state index in [1.165, 1.54) is 122 Å². The zero-order chi connectivity index (χ0) is 91.4. The Labute approximate surface area is 762 Å². The summed E-state index contributed by atoms with van der Waals surface area (Å²) >= 11 is 0. The highest BCUT2D eigenvalue weighted by molar-refractivity contribution is 6.07. The van der Waals surface area contributed by atoms with Crippen LogP contribution in [0, 0.1) is 51.4 Å². The Morgan fingerprint density at radius 3 is 0.617 bits per heavy atom. The van der Waals surface area contributed by atoms with Gasteiger partial charge in [0.25, 0.3) is 0 Å². The molecule has 0 fully saturated rings. The summed E-state index contributed by atoms with van der Waals surface area (Å²) < 4.78 is 0. The van der Waals surface area contributed by atoms with Crippen LogP contribution in [0.4, 0.5) is 0 Å². The minimum atomic E-state index is -0.0737. The highest BCUT2D eigenvalue weighted by Gasteiger charge is 2.33. The Morgan fingerprint density at radius 1 is 0.234 bits per heavy atom. The number of aryl methyl sites for hydroxylation is 8. The fourth-order valence-electron chi connectivity index (χ4n) is 20.2. The molecule has 6 aromatic heterocycles. The van der Waals surface area contributed by atoms with Crippen LogP contribution in [0.5, 0.6) is 0 Å². The van der Waals surface area contributed by atoms with E-state index in [4.69, 9.17) is 19.9 Å². The average Bonchev–Trinajstić information content (AvgIpc) is 1.59. The number of aromatic nitrogens is 8. The smallest absolute Gasteiger partial charge is 0.0769 e. The van der Waals surface area contributed by atoms with Crippen molar-refractivity contribution in [1.82, 2.24) is 39.9 Å². The first-order valence-electron chi connectivity index (χ1n) is 47.1. The highest BCUT2D eigenvalue weighted by Crippen LogP contribution is 2.50. The van der Waals surface area contributed by atoms with Crippen molar-refractivity contribution < 1.29 is 0 Å². The maximum absolute atomic E-state index is 5.81. The Morgan fingerprint density at radius 2 is 0.430 bits per heavy atom. The molecule has 0 saturated carbocycles. The van der Waals surface area contributed by atoms with Crippen LogP contribution < -0.4 is 0 Å². The van der Waals surface area contributed by atoms with Gasteiger partial charge < -0.3 is 19.9 Å². The summed E-state index contributed by atoms with van der Waals surface area (Å²) in [5.41, 5.74) is 56.7. The summed E-state index contributed by atoms with van der Waals surface area (Å²) in [6.45, 7) is 64.5. The largest absolute Gasteiger partial charge is 0.354 e. The van der Waals surface area contributed by atoms with E-state index in [9.17, 15) is 0 Å². The first kappa shape index (κ1) is 89.0. The van der Waals surface area contributed by atoms with E-state index < -0.39 is 0 Å². The molecule has 0 amide bonds. The van der Waals surface area contributed by atoms with Crippen LogP contribution in [0.2, 0.25) is 0 Å². The summed E-state index contributed by atoms with van der Waals surface area (Å²) in [6.07, 6.45) is 6.79. The first-order valence-corrected chi connectivity index (χ1v) is 47.1. The standard InChI is InChI=1S/C120H130N8/c1-29-89-67(9)109-105(110-68(10)90(30-2)98(122-110)64-102-94(34-6)72(14)114(126-102)107(113-71(13)93(33-5)101(125-113)63-97(89)121-109)83-57-85(117(17,18)19)61-86(58-83)118(20,21)22)81-53-45-77(46-54-81)39-37-75-41-49-79(50-42-75)80-51-43-76(44-52-80)38-40-78-47-55-82(56-48-78)106-111-69(11)91(31-3)99(123-111)65-103-95(35-7)73(15)115(127-103)108(84-59-87(119(23,24)25)62-88(60-84)120(26,27)28)116-74(16)96(36-8)104(128-116)66-100-92(32-4)70(12)112(106)124-100/h41-66,121,123,126,128H,29-36H2,1-28H3. The predicted molar refractivity (Wildman–Crippen MR) is 550 cm³/mol. The van der Waals surface area contributed by atoms with Gasteiger partial charge >= 0.3 is 0 Å². The molecular weight excluding hydrogens is 1550 g/mol. The van der Waals surface area contributed by atoms with Crippen molar-refractivity contribution in [3.05, 3.63) is 292 Å². The number of allylic oxidation sites excluding steroid dienone is 8. The van der Waals surface area contributed by atoms with Gasteiger partial charge in [0.05, 0.1) is 67.6 Å². The third-order valence-electron chi connectivity index (χ3n) is 28.0. The van der Waals surface area contributed by atoms with E-state index in [0.717, 1.165) is 208 Å². The van der Waals surface area contributed by atoms with Gasteiger partial charge in [0, 0.05) is 66.6 Å². The van der Waals surface area contributed by atoms with Crippen molar-refractivity contribution in [1.29, 1.82) is 0 Å². The Balaban J connectivity index is 0.712. The van der Waals surface area contributed by atoms with Crippen molar-refractivity contribution in [2.24, 2.45) is 0 Å². The van der Waals surface area contributed by atoms with Crippen LogP contribution in [-0.2, 0) is 47.3 Å². The van der Waals surface area contributed by atoms with Crippen LogP contribution >= 0.6 is 0 Å². The van der Waals surface area contributed by atoms with Gasteiger partial charge in [-0.05, 0) is 346 Å². The van der Waals surface area contributed by atoms with Crippen molar-refractivity contribution >= 4 is 88.7 Å². The van der Waals surface area contributed by atoms with Gasteiger partial charge in [-0.2, -0.15) is 0 Å². The molecule has 4 aliphatic heterocycles. The lowest BCUT2D eigenvalue weighted by Crippen LogP contribution is -2.16. The third kappa shape index (κ3) is 16.3.